The average Bonchev–Trinajstić information content (AvgIpc) is 2.19. The maximum absolute atomic E-state index is 10.9. The maximum atomic E-state index is 10.9. The van der Waals surface area contributed by atoms with Crippen molar-refractivity contribution in [1.82, 2.24) is 0 Å². The lowest BCUT2D eigenvalue weighted by molar-refractivity contribution is -0.386. The van der Waals surface area contributed by atoms with Crippen LogP contribution in [0.15, 0.2) is 12.1 Å². The number of nitro benzene ring substituents is 1. The molecule has 86 valence electrons. The monoisotopic (exact) mass is 225 g/mol. The number of ether oxygens (including phenoxy) is 1. The SMILES string of the molecule is COc1cc(CC(C)=O)cc([N+](=O)[O-])c1O. The van der Waals surface area contributed by atoms with Crippen molar-refractivity contribution in [3.8, 4) is 11.5 Å². The number of carbonyl (C=O) groups is 1. The Kier molecular flexibility index (Phi) is 3.44. The first-order chi connectivity index (χ1) is 7.45. The van der Waals surface area contributed by atoms with Crippen molar-refractivity contribution in [3.05, 3.63) is 27.8 Å². The van der Waals surface area contributed by atoms with Crippen LogP contribution in [-0.2, 0) is 11.2 Å². The summed E-state index contributed by atoms with van der Waals surface area (Å²) < 4.78 is 4.79. The molecule has 6 heteroatoms. The quantitative estimate of drug-likeness (QED) is 0.618. The van der Waals surface area contributed by atoms with E-state index in [0.717, 1.165) is 0 Å². The van der Waals surface area contributed by atoms with Crippen LogP contribution in [0.1, 0.15) is 12.5 Å². The van der Waals surface area contributed by atoms with E-state index in [1.165, 1.54) is 26.2 Å². The minimum absolute atomic E-state index is 0.00884. The van der Waals surface area contributed by atoms with Gasteiger partial charge >= 0.3 is 5.69 Å². The predicted octanol–water partition coefficient (Wildman–Crippen LogP) is 1.44. The standard InChI is InChI=1S/C10H11NO5/c1-6(12)3-7-4-8(11(14)15)10(13)9(5-7)16-2/h4-5,13H,3H2,1-2H3. The van der Waals surface area contributed by atoms with Gasteiger partial charge in [-0.3, -0.25) is 14.9 Å². The molecule has 0 unspecified atom stereocenters. The molecule has 0 atom stereocenters. The van der Waals surface area contributed by atoms with E-state index >= 15 is 0 Å². The summed E-state index contributed by atoms with van der Waals surface area (Å²) in [6.45, 7) is 1.38. The average molecular weight is 225 g/mol. The first-order valence-corrected chi connectivity index (χ1v) is 4.49. The summed E-state index contributed by atoms with van der Waals surface area (Å²) >= 11 is 0. The van der Waals surface area contributed by atoms with E-state index < -0.39 is 16.4 Å². The topological polar surface area (TPSA) is 89.7 Å². The molecule has 0 aliphatic rings. The molecule has 1 aromatic rings. The number of benzene rings is 1. The maximum Gasteiger partial charge on any atom is 0.314 e. The predicted molar refractivity (Wildman–Crippen MR) is 55.7 cm³/mol. The molecule has 0 bridgehead atoms. The van der Waals surface area contributed by atoms with Crippen molar-refractivity contribution in [2.45, 2.75) is 13.3 Å². The molecule has 0 aliphatic heterocycles. The van der Waals surface area contributed by atoms with E-state index in [4.69, 9.17) is 4.74 Å². The Morgan fingerprint density at radius 1 is 1.56 bits per heavy atom. The molecule has 0 amide bonds. The van der Waals surface area contributed by atoms with Crippen molar-refractivity contribution in [2.24, 2.45) is 0 Å². The Labute approximate surface area is 91.6 Å². The van der Waals surface area contributed by atoms with E-state index in [1.807, 2.05) is 0 Å². The highest BCUT2D eigenvalue weighted by atomic mass is 16.6. The minimum atomic E-state index is -0.721. The summed E-state index contributed by atoms with van der Waals surface area (Å²) in [5, 5.41) is 20.1. The summed E-state index contributed by atoms with van der Waals surface area (Å²) in [7, 11) is 1.29. The molecule has 0 fully saturated rings. The molecule has 0 spiro atoms. The molecule has 16 heavy (non-hydrogen) atoms. The fourth-order valence-electron chi connectivity index (χ4n) is 1.33. The van der Waals surface area contributed by atoms with Crippen molar-refractivity contribution < 1.29 is 19.6 Å². The zero-order valence-electron chi connectivity index (χ0n) is 8.89. The molecule has 1 N–H and O–H groups in total. The van der Waals surface area contributed by atoms with E-state index in [9.17, 15) is 20.0 Å². The van der Waals surface area contributed by atoms with Gasteiger partial charge in [-0.2, -0.15) is 0 Å². The highest BCUT2D eigenvalue weighted by Gasteiger charge is 2.20. The molecule has 0 saturated heterocycles. The van der Waals surface area contributed by atoms with Crippen LogP contribution in [0.4, 0.5) is 5.69 Å². The highest BCUT2D eigenvalue weighted by Crippen LogP contribution is 2.36. The van der Waals surface area contributed by atoms with E-state index in [-0.39, 0.29) is 18.0 Å². The molecule has 1 rings (SSSR count). The van der Waals surface area contributed by atoms with Crippen LogP contribution >= 0.6 is 0 Å². The molecule has 0 saturated carbocycles. The lowest BCUT2D eigenvalue weighted by Gasteiger charge is -2.06. The van der Waals surface area contributed by atoms with Crippen LogP contribution in [0.5, 0.6) is 11.5 Å². The van der Waals surface area contributed by atoms with Crippen LogP contribution < -0.4 is 4.74 Å². The number of ketones is 1. The number of aromatic hydroxyl groups is 1. The molecule has 1 aromatic carbocycles. The Bertz CT molecular complexity index is 441. The van der Waals surface area contributed by atoms with Crippen molar-refractivity contribution in [2.75, 3.05) is 7.11 Å². The van der Waals surface area contributed by atoms with Gasteiger partial charge in [0.05, 0.1) is 12.0 Å². The van der Waals surface area contributed by atoms with Crippen LogP contribution in [0.2, 0.25) is 0 Å². The van der Waals surface area contributed by atoms with Gasteiger partial charge < -0.3 is 9.84 Å². The normalized spacial score (nSPS) is 9.88. The lowest BCUT2D eigenvalue weighted by Crippen LogP contribution is -1.99. The molecule has 0 radical (unpaired) electrons. The minimum Gasteiger partial charge on any atom is -0.500 e. The van der Waals surface area contributed by atoms with Crippen LogP contribution in [0.25, 0.3) is 0 Å². The third kappa shape index (κ3) is 2.47. The van der Waals surface area contributed by atoms with Gasteiger partial charge in [0.25, 0.3) is 0 Å². The summed E-state index contributed by atoms with van der Waals surface area (Å²) in [4.78, 5) is 20.8. The Morgan fingerprint density at radius 2 is 2.19 bits per heavy atom. The second-order valence-electron chi connectivity index (χ2n) is 3.30. The zero-order valence-corrected chi connectivity index (χ0v) is 8.89. The molecule has 0 aliphatic carbocycles. The Morgan fingerprint density at radius 3 is 2.62 bits per heavy atom. The van der Waals surface area contributed by atoms with Crippen molar-refractivity contribution in [3.63, 3.8) is 0 Å². The van der Waals surface area contributed by atoms with Gasteiger partial charge in [0.1, 0.15) is 5.78 Å². The Hall–Kier alpha value is -2.11. The van der Waals surface area contributed by atoms with E-state index in [1.54, 1.807) is 0 Å². The van der Waals surface area contributed by atoms with Gasteiger partial charge in [0.2, 0.25) is 5.75 Å². The molecular formula is C10H11NO5. The first kappa shape index (κ1) is 12.0. The van der Waals surface area contributed by atoms with Crippen LogP contribution in [-0.4, -0.2) is 22.9 Å². The summed E-state index contributed by atoms with van der Waals surface area (Å²) in [6, 6.07) is 2.57. The zero-order chi connectivity index (χ0) is 12.3. The third-order valence-corrected chi connectivity index (χ3v) is 1.98. The number of hydrogen-bond acceptors (Lipinski definition) is 5. The second-order valence-corrected chi connectivity index (χ2v) is 3.30. The number of nitrogens with zero attached hydrogens (tertiary/aromatic N) is 1. The molecule has 6 nitrogen and oxygen atoms in total. The van der Waals surface area contributed by atoms with Crippen LogP contribution in [0.3, 0.4) is 0 Å². The molecule has 0 aromatic heterocycles. The Balaban J connectivity index is 3.28. The number of Topliss-reactive ketones (excluding diaryl/α,β-unsaturated/α-hetero) is 1. The summed E-state index contributed by atoms with van der Waals surface area (Å²) in [5.41, 5.74) is -0.0237. The smallest absolute Gasteiger partial charge is 0.314 e. The van der Waals surface area contributed by atoms with Gasteiger partial charge in [-0.05, 0) is 18.6 Å². The second kappa shape index (κ2) is 4.61. The fourth-order valence-corrected chi connectivity index (χ4v) is 1.33. The molecular weight excluding hydrogens is 214 g/mol. The highest BCUT2D eigenvalue weighted by molar-refractivity contribution is 5.79. The van der Waals surface area contributed by atoms with E-state index in [2.05, 4.69) is 0 Å². The number of phenols is 1. The van der Waals surface area contributed by atoms with Gasteiger partial charge in [-0.15, -0.1) is 0 Å². The van der Waals surface area contributed by atoms with Gasteiger partial charge in [-0.1, -0.05) is 0 Å². The molecule has 0 heterocycles. The number of rotatable bonds is 4. The number of nitro groups is 1. The fraction of sp³-hybridized carbons (Fsp3) is 0.300. The van der Waals surface area contributed by atoms with Crippen molar-refractivity contribution >= 4 is 11.5 Å². The van der Waals surface area contributed by atoms with Crippen LogP contribution in [0, 0.1) is 10.1 Å². The number of carbonyl (C=O) groups excluding carboxylic acids is 1. The van der Waals surface area contributed by atoms with Gasteiger partial charge in [-0.25, -0.2) is 0 Å². The first-order valence-electron chi connectivity index (χ1n) is 4.49. The van der Waals surface area contributed by atoms with E-state index in [0.29, 0.717) is 5.56 Å². The number of phenolic OH excluding ortho intramolecular Hbond substituents is 1. The number of methoxy groups -OCH3 is 1. The largest absolute Gasteiger partial charge is 0.500 e. The summed E-state index contributed by atoms with van der Waals surface area (Å²) in [5.74, 6) is -0.660. The third-order valence-electron chi connectivity index (χ3n) is 1.98. The number of hydrogen-bond donors (Lipinski definition) is 1. The van der Waals surface area contributed by atoms with Gasteiger partial charge in [0.15, 0.2) is 5.75 Å². The van der Waals surface area contributed by atoms with Crippen molar-refractivity contribution in [1.29, 1.82) is 0 Å². The van der Waals surface area contributed by atoms with Gasteiger partial charge in [0, 0.05) is 12.5 Å². The lowest BCUT2D eigenvalue weighted by atomic mass is 10.1. The summed E-state index contributed by atoms with van der Waals surface area (Å²) in [6.07, 6.45) is 0.0669.